The second kappa shape index (κ2) is 7.67. The average molecular weight is 312 g/mol. The van der Waals surface area contributed by atoms with Crippen LogP contribution in [-0.4, -0.2) is 39.0 Å². The molecule has 0 fully saturated rings. The lowest BCUT2D eigenvalue weighted by molar-refractivity contribution is 0.457. The van der Waals surface area contributed by atoms with Crippen molar-refractivity contribution in [3.63, 3.8) is 0 Å². The van der Waals surface area contributed by atoms with Gasteiger partial charge in [-0.25, -0.2) is 8.42 Å². The molecule has 1 aromatic carbocycles. The zero-order chi connectivity index (χ0) is 15.1. The summed E-state index contributed by atoms with van der Waals surface area (Å²) in [5.74, 6) is 1.49. The zero-order valence-electron chi connectivity index (χ0n) is 11.8. The molecule has 1 aromatic rings. The number of sulfone groups is 1. The summed E-state index contributed by atoms with van der Waals surface area (Å²) in [6.07, 6.45) is 1.88. The van der Waals surface area contributed by atoms with Gasteiger partial charge in [0.05, 0.1) is 11.8 Å². The molecule has 1 N–H and O–H groups in total. The van der Waals surface area contributed by atoms with E-state index < -0.39 is 15.4 Å². The highest BCUT2D eigenvalue weighted by molar-refractivity contribution is 8.00. The quantitative estimate of drug-likeness (QED) is 0.741. The molecule has 1 unspecified atom stereocenters. The smallest absolute Gasteiger partial charge is 0.148 e. The molecule has 0 saturated carbocycles. The third kappa shape index (κ3) is 5.16. The molecule has 110 valence electrons. The lowest BCUT2D eigenvalue weighted by atomic mass is 9.89. The molecule has 0 bridgehead atoms. The van der Waals surface area contributed by atoms with Crippen molar-refractivity contribution < 1.29 is 8.42 Å². The molecule has 20 heavy (non-hydrogen) atoms. The fraction of sp³-hybridized carbons (Fsp3) is 0.500. The number of thioether (sulfide) groups is 1. The first-order valence-electron chi connectivity index (χ1n) is 6.35. The maximum Gasteiger partial charge on any atom is 0.148 e. The van der Waals surface area contributed by atoms with Crippen molar-refractivity contribution in [1.29, 1.82) is 5.26 Å². The summed E-state index contributed by atoms with van der Waals surface area (Å²) in [4.78, 5) is 0. The largest absolute Gasteiger partial charge is 0.299 e. The van der Waals surface area contributed by atoms with Gasteiger partial charge in [0.25, 0.3) is 0 Å². The fourth-order valence-electron chi connectivity index (χ4n) is 1.85. The van der Waals surface area contributed by atoms with Crippen molar-refractivity contribution in [3.8, 4) is 6.07 Å². The van der Waals surface area contributed by atoms with E-state index in [4.69, 9.17) is 0 Å². The minimum absolute atomic E-state index is 0.183. The van der Waals surface area contributed by atoms with E-state index in [0.29, 0.717) is 12.2 Å². The highest BCUT2D eigenvalue weighted by atomic mass is 32.2. The minimum Gasteiger partial charge on any atom is -0.299 e. The fourth-order valence-corrected chi connectivity index (χ4v) is 4.19. The van der Waals surface area contributed by atoms with Gasteiger partial charge < -0.3 is 0 Å². The summed E-state index contributed by atoms with van der Waals surface area (Å²) in [6, 6.07) is 12.0. The normalized spacial score (nSPS) is 14.4. The molecule has 0 saturated heterocycles. The van der Waals surface area contributed by atoms with Crippen molar-refractivity contribution in [3.05, 3.63) is 35.9 Å². The molecule has 1 rings (SSSR count). The number of hydrogen-bond acceptors (Lipinski definition) is 5. The van der Waals surface area contributed by atoms with Crippen molar-refractivity contribution in [2.45, 2.75) is 12.0 Å². The van der Waals surface area contributed by atoms with Gasteiger partial charge in [0.15, 0.2) is 0 Å². The zero-order valence-corrected chi connectivity index (χ0v) is 13.4. The van der Waals surface area contributed by atoms with Gasteiger partial charge in [-0.2, -0.15) is 17.0 Å². The summed E-state index contributed by atoms with van der Waals surface area (Å²) < 4.78 is 22.1. The predicted octanol–water partition coefficient (Wildman–Crippen LogP) is 1.79. The Morgan fingerprint density at radius 1 is 1.30 bits per heavy atom. The highest BCUT2D eigenvalue weighted by Crippen LogP contribution is 2.25. The van der Waals surface area contributed by atoms with E-state index in [-0.39, 0.29) is 5.75 Å². The monoisotopic (exact) mass is 312 g/mol. The number of nitrogens with zero attached hydrogens (tertiary/aromatic N) is 1. The van der Waals surface area contributed by atoms with E-state index in [0.717, 1.165) is 11.3 Å². The van der Waals surface area contributed by atoms with E-state index in [1.54, 1.807) is 18.8 Å². The van der Waals surface area contributed by atoms with E-state index in [1.807, 2.05) is 30.3 Å². The Balaban J connectivity index is 2.59. The van der Waals surface area contributed by atoms with Crippen LogP contribution in [0.5, 0.6) is 0 Å². The topological polar surface area (TPSA) is 70.0 Å². The Morgan fingerprint density at radius 3 is 2.45 bits per heavy atom. The van der Waals surface area contributed by atoms with E-state index in [9.17, 15) is 13.7 Å². The first kappa shape index (κ1) is 17.0. The molecule has 4 nitrogen and oxygen atoms in total. The first-order chi connectivity index (χ1) is 9.43. The third-order valence-electron chi connectivity index (χ3n) is 3.10. The SMILES string of the molecule is CNC(C#N)(CCSCCS(C)(=O)=O)c1ccccc1. The standard InChI is InChI=1S/C14H20N2O2S2/c1-16-14(12-15,13-6-4-3-5-7-13)8-9-19-10-11-20(2,17)18/h3-7,16H,8-11H2,1-2H3. The van der Waals surface area contributed by atoms with Crippen molar-refractivity contribution in [1.82, 2.24) is 5.32 Å². The molecule has 0 radical (unpaired) electrons. The summed E-state index contributed by atoms with van der Waals surface area (Å²) in [6.45, 7) is 0. The Kier molecular flexibility index (Phi) is 6.53. The average Bonchev–Trinajstić information content (AvgIpc) is 2.43. The highest BCUT2D eigenvalue weighted by Gasteiger charge is 2.29. The lowest BCUT2D eigenvalue weighted by Crippen LogP contribution is -2.39. The van der Waals surface area contributed by atoms with Crippen LogP contribution in [0.15, 0.2) is 30.3 Å². The van der Waals surface area contributed by atoms with Crippen LogP contribution in [0.25, 0.3) is 0 Å². The van der Waals surface area contributed by atoms with Gasteiger partial charge in [-0.15, -0.1) is 0 Å². The Bertz CT molecular complexity index is 552. The molecule has 6 heteroatoms. The van der Waals surface area contributed by atoms with Crippen LogP contribution in [0.1, 0.15) is 12.0 Å². The molecule has 0 amide bonds. The summed E-state index contributed by atoms with van der Waals surface area (Å²) in [7, 11) is -1.13. The second-order valence-corrected chi connectivity index (χ2v) is 8.11. The predicted molar refractivity (Wildman–Crippen MR) is 84.4 cm³/mol. The van der Waals surface area contributed by atoms with Gasteiger partial charge in [-0.05, 0) is 24.8 Å². The third-order valence-corrected chi connectivity index (χ3v) is 5.29. The maximum absolute atomic E-state index is 11.0. The van der Waals surface area contributed by atoms with E-state index >= 15 is 0 Å². The number of nitrogens with one attached hydrogen (secondary N) is 1. The van der Waals surface area contributed by atoms with Gasteiger partial charge >= 0.3 is 0 Å². The number of hydrogen-bond donors (Lipinski definition) is 1. The summed E-state index contributed by atoms with van der Waals surface area (Å²) in [5, 5.41) is 12.6. The van der Waals surface area contributed by atoms with Crippen molar-refractivity contribution in [2.24, 2.45) is 0 Å². The van der Waals surface area contributed by atoms with Gasteiger partial charge in [0.1, 0.15) is 15.4 Å². The lowest BCUT2D eigenvalue weighted by Gasteiger charge is -2.26. The van der Waals surface area contributed by atoms with Crippen molar-refractivity contribution in [2.75, 3.05) is 30.6 Å². The number of rotatable bonds is 8. The van der Waals surface area contributed by atoms with Crippen LogP contribution in [0.4, 0.5) is 0 Å². The van der Waals surface area contributed by atoms with Crippen LogP contribution in [0.2, 0.25) is 0 Å². The summed E-state index contributed by atoms with van der Waals surface area (Å²) in [5.41, 5.74) is 0.230. The Labute approximate surface area is 125 Å². The Morgan fingerprint density at radius 2 is 1.95 bits per heavy atom. The van der Waals surface area contributed by atoms with Crippen molar-refractivity contribution >= 4 is 21.6 Å². The molecule has 1 atom stereocenters. The van der Waals surface area contributed by atoms with Crippen LogP contribution in [0.3, 0.4) is 0 Å². The molecule has 0 aliphatic carbocycles. The van der Waals surface area contributed by atoms with Gasteiger partial charge in [-0.1, -0.05) is 30.3 Å². The molecular formula is C14H20N2O2S2. The van der Waals surface area contributed by atoms with Crippen LogP contribution in [0, 0.1) is 11.3 Å². The molecule has 0 aromatic heterocycles. The second-order valence-electron chi connectivity index (χ2n) is 4.63. The number of benzene rings is 1. The van der Waals surface area contributed by atoms with E-state index in [2.05, 4.69) is 11.4 Å². The van der Waals surface area contributed by atoms with Gasteiger partial charge in [-0.3, -0.25) is 5.32 Å². The first-order valence-corrected chi connectivity index (χ1v) is 9.56. The maximum atomic E-state index is 11.0. The van der Waals surface area contributed by atoms with Crippen LogP contribution in [-0.2, 0) is 15.4 Å². The Hall–Kier alpha value is -1.03. The van der Waals surface area contributed by atoms with Crippen LogP contribution < -0.4 is 5.32 Å². The minimum atomic E-state index is -2.90. The molecular weight excluding hydrogens is 292 g/mol. The molecule has 0 aliphatic rings. The van der Waals surface area contributed by atoms with Crippen LogP contribution >= 0.6 is 11.8 Å². The number of nitriles is 1. The molecule has 0 spiro atoms. The summed E-state index contributed by atoms with van der Waals surface area (Å²) >= 11 is 1.56. The van der Waals surface area contributed by atoms with Gasteiger partial charge in [0.2, 0.25) is 0 Å². The van der Waals surface area contributed by atoms with E-state index in [1.165, 1.54) is 6.26 Å². The molecule has 0 aliphatic heterocycles. The van der Waals surface area contributed by atoms with Gasteiger partial charge in [0, 0.05) is 12.0 Å². The molecule has 0 heterocycles.